The summed E-state index contributed by atoms with van der Waals surface area (Å²) in [6.07, 6.45) is 1.83. The third-order valence-electron chi connectivity index (χ3n) is 5.75. The minimum Gasteiger partial charge on any atom is -0.508 e. The summed E-state index contributed by atoms with van der Waals surface area (Å²) in [4.78, 5) is 10.7. The van der Waals surface area contributed by atoms with Crippen molar-refractivity contribution in [3.05, 3.63) is 72.4 Å². The van der Waals surface area contributed by atoms with E-state index in [-0.39, 0.29) is 5.75 Å². The number of rotatable bonds is 5. The van der Waals surface area contributed by atoms with Gasteiger partial charge in [-0.2, -0.15) is 0 Å². The summed E-state index contributed by atoms with van der Waals surface area (Å²) < 4.78 is 1.12. The Labute approximate surface area is 186 Å². The van der Waals surface area contributed by atoms with Crippen LogP contribution in [0, 0.1) is 0 Å². The Morgan fingerprint density at radius 3 is 2.68 bits per heavy atom. The van der Waals surface area contributed by atoms with Crippen molar-refractivity contribution in [3.8, 4) is 16.2 Å². The van der Waals surface area contributed by atoms with Crippen LogP contribution in [0.2, 0.25) is 0 Å². The fourth-order valence-corrected chi connectivity index (χ4v) is 5.09. The molecule has 158 valence electrons. The van der Waals surface area contributed by atoms with Crippen LogP contribution in [0.15, 0.2) is 66.9 Å². The van der Waals surface area contributed by atoms with Crippen molar-refractivity contribution >= 4 is 32.9 Å². The normalized spacial score (nSPS) is 15.4. The van der Waals surface area contributed by atoms with Crippen LogP contribution in [-0.4, -0.2) is 53.1 Å². The molecule has 2 aromatic heterocycles. The first-order valence-electron chi connectivity index (χ1n) is 10.6. The lowest BCUT2D eigenvalue weighted by molar-refractivity contribution is 0.148. The second kappa shape index (κ2) is 8.67. The Bertz CT molecular complexity index is 1200. The summed E-state index contributed by atoms with van der Waals surface area (Å²) in [5.41, 5.74) is 5.43. The largest absolute Gasteiger partial charge is 0.508 e. The number of hydrogen-bond acceptors (Lipinski definition) is 6. The van der Waals surface area contributed by atoms with Gasteiger partial charge in [0.2, 0.25) is 0 Å². The Morgan fingerprint density at radius 1 is 1.00 bits per heavy atom. The van der Waals surface area contributed by atoms with E-state index in [0.717, 1.165) is 54.3 Å². The summed E-state index contributed by atoms with van der Waals surface area (Å²) in [5, 5.41) is 13.2. The van der Waals surface area contributed by atoms with E-state index < -0.39 is 0 Å². The highest BCUT2D eigenvalue weighted by Crippen LogP contribution is 2.38. The maximum Gasteiger partial charge on any atom is 0.117 e. The van der Waals surface area contributed by atoms with Crippen LogP contribution in [0.5, 0.6) is 5.75 Å². The lowest BCUT2D eigenvalue weighted by Gasteiger charge is -2.32. The van der Waals surface area contributed by atoms with Crippen LogP contribution in [0.1, 0.15) is 5.56 Å². The number of nitrogens with zero attached hydrogens (tertiary/aromatic N) is 3. The second-order valence-electron chi connectivity index (χ2n) is 8.14. The molecule has 1 aliphatic rings. The van der Waals surface area contributed by atoms with Gasteiger partial charge in [-0.05, 0) is 48.5 Å². The molecule has 0 saturated carbocycles. The minimum atomic E-state index is 0.249. The molecule has 31 heavy (non-hydrogen) atoms. The van der Waals surface area contributed by atoms with Crippen LogP contribution >= 0.6 is 11.3 Å². The molecule has 0 atom stereocenters. The van der Waals surface area contributed by atoms with E-state index in [1.165, 1.54) is 16.0 Å². The van der Waals surface area contributed by atoms with Gasteiger partial charge in [0.1, 0.15) is 5.75 Å². The first kappa shape index (κ1) is 20.0. The highest BCUT2D eigenvalue weighted by molar-refractivity contribution is 7.22. The molecule has 0 amide bonds. The van der Waals surface area contributed by atoms with Crippen molar-refractivity contribution in [2.45, 2.75) is 6.54 Å². The number of nitrogens with one attached hydrogen (secondary N) is 1. The highest BCUT2D eigenvalue weighted by Gasteiger charge is 2.15. The second-order valence-corrected chi connectivity index (χ2v) is 9.19. The minimum absolute atomic E-state index is 0.249. The van der Waals surface area contributed by atoms with Crippen molar-refractivity contribution in [3.63, 3.8) is 0 Å². The number of phenolic OH excluding ortho intramolecular Hbond substituents is 1. The summed E-state index contributed by atoms with van der Waals surface area (Å²) >= 11 is 1.75. The lowest BCUT2D eigenvalue weighted by Crippen LogP contribution is -2.43. The van der Waals surface area contributed by atoms with E-state index in [1.807, 2.05) is 24.4 Å². The molecule has 1 fully saturated rings. The van der Waals surface area contributed by atoms with Gasteiger partial charge < -0.3 is 15.3 Å². The number of aromatic hydroxyl groups is 1. The number of pyridine rings is 1. The quantitative estimate of drug-likeness (QED) is 0.458. The molecule has 0 bridgehead atoms. The molecule has 0 radical (unpaired) electrons. The number of anilines is 2. The number of likely N-dealkylation sites (N-methyl/N-ethyl adjacent to an activating group) is 1. The number of phenols is 1. The van der Waals surface area contributed by atoms with Gasteiger partial charge in [-0.25, -0.2) is 0 Å². The SMILES string of the molecule is CN1CCN(Cc2cccc(-c3cc4nccc(Nc5cccc(O)c5)c4s3)c2)CC1. The van der Waals surface area contributed by atoms with Gasteiger partial charge in [0, 0.05) is 55.6 Å². The Balaban J connectivity index is 1.40. The fraction of sp³-hybridized carbons (Fsp3) is 0.240. The van der Waals surface area contributed by atoms with Gasteiger partial charge in [-0.1, -0.05) is 24.3 Å². The average Bonchev–Trinajstić information content (AvgIpc) is 3.21. The Kier molecular flexibility index (Phi) is 5.59. The molecule has 0 unspecified atom stereocenters. The number of fused-ring (bicyclic) bond motifs is 1. The number of thiophene rings is 1. The fourth-order valence-electron chi connectivity index (χ4n) is 4.01. The van der Waals surface area contributed by atoms with E-state index in [0.29, 0.717) is 0 Å². The molecule has 3 heterocycles. The predicted octanol–water partition coefficient (Wildman–Crippen LogP) is 5.16. The standard InChI is InChI=1S/C25H26N4OS/c1-28-10-12-29(13-11-28)17-18-4-2-5-19(14-18)24-16-23-25(31-24)22(8-9-26-23)27-20-6-3-7-21(30)15-20/h2-9,14-16,30H,10-13,17H2,1H3,(H,26,27). The third kappa shape index (κ3) is 4.56. The molecular formula is C25H26N4OS. The monoisotopic (exact) mass is 430 g/mol. The molecular weight excluding hydrogens is 404 g/mol. The van der Waals surface area contributed by atoms with Crippen molar-refractivity contribution in [2.75, 3.05) is 38.5 Å². The Hall–Kier alpha value is -2.93. The number of aromatic nitrogens is 1. The van der Waals surface area contributed by atoms with E-state index in [4.69, 9.17) is 0 Å². The van der Waals surface area contributed by atoms with E-state index >= 15 is 0 Å². The van der Waals surface area contributed by atoms with Crippen LogP contribution in [0.3, 0.4) is 0 Å². The van der Waals surface area contributed by atoms with E-state index in [1.54, 1.807) is 23.5 Å². The molecule has 2 N–H and O–H groups in total. The van der Waals surface area contributed by atoms with Crippen LogP contribution < -0.4 is 5.32 Å². The van der Waals surface area contributed by atoms with Crippen LogP contribution in [0.25, 0.3) is 20.7 Å². The topological polar surface area (TPSA) is 51.6 Å². The summed E-state index contributed by atoms with van der Waals surface area (Å²) in [6.45, 7) is 5.51. The van der Waals surface area contributed by atoms with Crippen molar-refractivity contribution < 1.29 is 5.11 Å². The predicted molar refractivity (Wildman–Crippen MR) is 129 cm³/mol. The van der Waals surface area contributed by atoms with Crippen molar-refractivity contribution in [1.29, 1.82) is 0 Å². The smallest absolute Gasteiger partial charge is 0.117 e. The molecule has 6 heteroatoms. The van der Waals surface area contributed by atoms with Gasteiger partial charge in [0.25, 0.3) is 0 Å². The van der Waals surface area contributed by atoms with Gasteiger partial charge in [0.05, 0.1) is 15.9 Å². The van der Waals surface area contributed by atoms with Crippen LogP contribution in [-0.2, 0) is 6.54 Å². The maximum absolute atomic E-state index is 9.76. The van der Waals surface area contributed by atoms with Crippen molar-refractivity contribution in [2.24, 2.45) is 0 Å². The summed E-state index contributed by atoms with van der Waals surface area (Å²) in [5.74, 6) is 0.249. The Morgan fingerprint density at radius 2 is 1.84 bits per heavy atom. The molecule has 0 spiro atoms. The molecule has 0 aliphatic carbocycles. The van der Waals surface area contributed by atoms with Gasteiger partial charge in [-0.15, -0.1) is 11.3 Å². The lowest BCUT2D eigenvalue weighted by atomic mass is 10.1. The molecule has 5 rings (SSSR count). The zero-order valence-electron chi connectivity index (χ0n) is 17.6. The average molecular weight is 431 g/mol. The van der Waals surface area contributed by atoms with Crippen molar-refractivity contribution in [1.82, 2.24) is 14.8 Å². The number of benzene rings is 2. The van der Waals surface area contributed by atoms with Gasteiger partial charge >= 0.3 is 0 Å². The van der Waals surface area contributed by atoms with E-state index in [2.05, 4.69) is 57.5 Å². The van der Waals surface area contributed by atoms with Crippen LogP contribution in [0.4, 0.5) is 11.4 Å². The first-order chi connectivity index (χ1) is 15.1. The molecule has 2 aromatic carbocycles. The zero-order chi connectivity index (χ0) is 21.2. The zero-order valence-corrected chi connectivity index (χ0v) is 18.4. The van der Waals surface area contributed by atoms with E-state index in [9.17, 15) is 5.11 Å². The molecule has 4 aromatic rings. The third-order valence-corrected chi connectivity index (χ3v) is 6.96. The highest BCUT2D eigenvalue weighted by atomic mass is 32.1. The maximum atomic E-state index is 9.76. The van der Waals surface area contributed by atoms with Gasteiger partial charge in [0.15, 0.2) is 0 Å². The molecule has 1 aliphatic heterocycles. The number of piperazine rings is 1. The summed E-state index contributed by atoms with van der Waals surface area (Å²) in [7, 11) is 2.19. The molecule has 1 saturated heterocycles. The number of hydrogen-bond donors (Lipinski definition) is 2. The first-order valence-corrected chi connectivity index (χ1v) is 11.4. The van der Waals surface area contributed by atoms with Gasteiger partial charge in [-0.3, -0.25) is 9.88 Å². The summed E-state index contributed by atoms with van der Waals surface area (Å²) in [6, 6.07) is 20.2. The molecule has 5 nitrogen and oxygen atoms in total.